The smallest absolute Gasteiger partial charge is 0.107 e. The van der Waals surface area contributed by atoms with E-state index >= 15 is 0 Å². The predicted octanol–water partition coefficient (Wildman–Crippen LogP) is 6.46. The number of imidazole rings is 1. The zero-order valence-electron chi connectivity index (χ0n) is 16.4. The number of rotatable bonds is 4. The van der Waals surface area contributed by atoms with Gasteiger partial charge in [-0.2, -0.15) is 0 Å². The number of aryl methyl sites for hydroxylation is 1. The number of hydrogen-bond acceptors (Lipinski definition) is 2. The van der Waals surface area contributed by atoms with Gasteiger partial charge in [0.1, 0.15) is 5.82 Å². The van der Waals surface area contributed by atoms with E-state index in [0.29, 0.717) is 0 Å². The van der Waals surface area contributed by atoms with E-state index in [4.69, 9.17) is 16.6 Å². The first-order valence-corrected chi connectivity index (χ1v) is 11.1. The highest BCUT2D eigenvalue weighted by Crippen LogP contribution is 2.59. The largest absolute Gasteiger partial charge is 0.342 e. The third kappa shape index (κ3) is 2.78. The first-order valence-electron chi connectivity index (χ1n) is 10.7. The Morgan fingerprint density at radius 1 is 1.07 bits per heavy atom. The number of nitrogens with one attached hydrogen (secondary N) is 1. The van der Waals surface area contributed by atoms with E-state index in [0.717, 1.165) is 52.1 Å². The second kappa shape index (κ2) is 6.56. The fourth-order valence-electron chi connectivity index (χ4n) is 6.25. The van der Waals surface area contributed by atoms with Gasteiger partial charge in [0.2, 0.25) is 0 Å². The van der Waals surface area contributed by atoms with Crippen LogP contribution in [0.5, 0.6) is 0 Å². The lowest BCUT2D eigenvalue weighted by Crippen LogP contribution is -2.33. The van der Waals surface area contributed by atoms with Gasteiger partial charge in [0.05, 0.1) is 16.6 Å². The van der Waals surface area contributed by atoms with Crippen molar-refractivity contribution in [2.24, 2.45) is 11.8 Å². The lowest BCUT2D eigenvalue weighted by atomic mass is 9.65. The van der Waals surface area contributed by atoms with Gasteiger partial charge in [-0.25, -0.2) is 4.98 Å². The van der Waals surface area contributed by atoms with Crippen LogP contribution in [-0.4, -0.2) is 15.0 Å². The van der Waals surface area contributed by atoms with Crippen molar-refractivity contribution in [1.29, 1.82) is 0 Å². The molecule has 3 nitrogen and oxygen atoms in total. The molecule has 4 aromatic rings. The molecule has 0 amide bonds. The van der Waals surface area contributed by atoms with E-state index in [1.807, 2.05) is 24.4 Å². The average molecular weight is 402 g/mol. The molecular formula is C25H24ClN3. The number of pyridine rings is 1. The van der Waals surface area contributed by atoms with E-state index < -0.39 is 0 Å². The van der Waals surface area contributed by atoms with Crippen molar-refractivity contribution < 1.29 is 0 Å². The van der Waals surface area contributed by atoms with E-state index in [1.165, 1.54) is 36.6 Å². The number of halogens is 1. The van der Waals surface area contributed by atoms with Gasteiger partial charge >= 0.3 is 0 Å². The fraction of sp³-hybridized carbons (Fsp3) is 0.360. The molecule has 4 heteroatoms. The molecule has 3 atom stereocenters. The van der Waals surface area contributed by atoms with Crippen molar-refractivity contribution in [2.45, 2.75) is 43.9 Å². The van der Waals surface area contributed by atoms with Gasteiger partial charge in [-0.3, -0.25) is 4.98 Å². The molecule has 3 unspecified atom stereocenters. The summed E-state index contributed by atoms with van der Waals surface area (Å²) in [6, 6.07) is 16.9. The van der Waals surface area contributed by atoms with Gasteiger partial charge in [0.25, 0.3) is 0 Å². The van der Waals surface area contributed by atoms with Crippen molar-refractivity contribution in [2.75, 3.05) is 0 Å². The zero-order chi connectivity index (χ0) is 19.4. The van der Waals surface area contributed by atoms with Crippen molar-refractivity contribution in [3.8, 4) is 0 Å². The van der Waals surface area contributed by atoms with E-state index in [-0.39, 0.29) is 5.41 Å². The normalized spacial score (nSPS) is 26.0. The lowest BCUT2D eigenvalue weighted by Gasteiger charge is -2.39. The highest BCUT2D eigenvalue weighted by atomic mass is 35.5. The first-order chi connectivity index (χ1) is 14.2. The van der Waals surface area contributed by atoms with Crippen LogP contribution in [0.1, 0.15) is 43.5 Å². The zero-order valence-corrected chi connectivity index (χ0v) is 17.1. The maximum Gasteiger partial charge on any atom is 0.107 e. The Labute approximate surface area is 175 Å². The van der Waals surface area contributed by atoms with Crippen LogP contribution in [0.15, 0.2) is 54.7 Å². The summed E-state index contributed by atoms with van der Waals surface area (Å²) in [6.07, 6.45) is 9.45. The van der Waals surface area contributed by atoms with Gasteiger partial charge in [-0.1, -0.05) is 36.2 Å². The number of H-pyrrole nitrogens is 1. The molecule has 2 aromatic carbocycles. The number of nitrogens with zero attached hydrogens (tertiary/aromatic N) is 2. The quantitative estimate of drug-likeness (QED) is 0.426. The molecule has 0 aliphatic heterocycles. The van der Waals surface area contributed by atoms with Gasteiger partial charge in [0.15, 0.2) is 0 Å². The summed E-state index contributed by atoms with van der Waals surface area (Å²) >= 11 is 6.16. The van der Waals surface area contributed by atoms with Crippen LogP contribution in [0.4, 0.5) is 0 Å². The summed E-state index contributed by atoms with van der Waals surface area (Å²) in [5, 5.41) is 2.08. The SMILES string of the molecule is Clc1ccc2nc(CCC3(c4cccc5ncccc45)CC4CCC3C4)[nH]c2c1. The van der Waals surface area contributed by atoms with Gasteiger partial charge in [0, 0.05) is 23.0 Å². The van der Waals surface area contributed by atoms with Crippen LogP contribution < -0.4 is 0 Å². The summed E-state index contributed by atoms with van der Waals surface area (Å²) in [6.45, 7) is 0. The second-order valence-electron chi connectivity index (χ2n) is 8.96. The molecule has 1 N–H and O–H groups in total. The Bertz CT molecular complexity index is 1210. The van der Waals surface area contributed by atoms with Crippen LogP contribution in [0.2, 0.25) is 5.02 Å². The van der Waals surface area contributed by atoms with Crippen molar-refractivity contribution in [3.63, 3.8) is 0 Å². The predicted molar refractivity (Wildman–Crippen MR) is 118 cm³/mol. The third-order valence-electron chi connectivity index (χ3n) is 7.46. The molecule has 0 spiro atoms. The molecule has 6 rings (SSSR count). The topological polar surface area (TPSA) is 41.6 Å². The van der Waals surface area contributed by atoms with Crippen molar-refractivity contribution in [3.05, 3.63) is 71.1 Å². The van der Waals surface area contributed by atoms with Crippen LogP contribution >= 0.6 is 11.6 Å². The second-order valence-corrected chi connectivity index (χ2v) is 9.39. The van der Waals surface area contributed by atoms with Crippen LogP contribution in [-0.2, 0) is 11.8 Å². The maximum atomic E-state index is 6.16. The van der Waals surface area contributed by atoms with Crippen molar-refractivity contribution in [1.82, 2.24) is 15.0 Å². The molecule has 0 saturated heterocycles. The minimum Gasteiger partial charge on any atom is -0.342 e. The molecule has 2 heterocycles. The summed E-state index contributed by atoms with van der Waals surface area (Å²) in [5.74, 6) is 2.72. The number of fused-ring (bicyclic) bond motifs is 4. The average Bonchev–Trinajstić information content (AvgIpc) is 3.46. The summed E-state index contributed by atoms with van der Waals surface area (Å²) in [7, 11) is 0. The lowest BCUT2D eigenvalue weighted by molar-refractivity contribution is 0.250. The molecular weight excluding hydrogens is 378 g/mol. The molecule has 29 heavy (non-hydrogen) atoms. The van der Waals surface area contributed by atoms with Crippen LogP contribution in [0.3, 0.4) is 0 Å². The highest BCUT2D eigenvalue weighted by Gasteiger charge is 2.51. The maximum absolute atomic E-state index is 6.16. The fourth-order valence-corrected chi connectivity index (χ4v) is 6.42. The molecule has 2 bridgehead atoms. The van der Waals surface area contributed by atoms with Gasteiger partial charge in [-0.15, -0.1) is 0 Å². The number of aromatic nitrogens is 3. The van der Waals surface area contributed by atoms with Crippen LogP contribution in [0, 0.1) is 11.8 Å². The van der Waals surface area contributed by atoms with Gasteiger partial charge in [-0.05, 0) is 78.8 Å². The monoisotopic (exact) mass is 401 g/mol. The molecule has 2 saturated carbocycles. The molecule has 0 radical (unpaired) electrons. The minimum absolute atomic E-state index is 0.238. The Kier molecular flexibility index (Phi) is 3.95. The Hall–Kier alpha value is -2.39. The third-order valence-corrected chi connectivity index (χ3v) is 7.69. The summed E-state index contributed by atoms with van der Waals surface area (Å²) in [4.78, 5) is 13.0. The number of benzene rings is 2. The minimum atomic E-state index is 0.238. The first kappa shape index (κ1) is 17.5. The Morgan fingerprint density at radius 2 is 2.03 bits per heavy atom. The summed E-state index contributed by atoms with van der Waals surface area (Å²) in [5.41, 5.74) is 4.90. The molecule has 2 aromatic heterocycles. The highest BCUT2D eigenvalue weighted by molar-refractivity contribution is 6.31. The molecule has 2 aliphatic rings. The Morgan fingerprint density at radius 3 is 2.90 bits per heavy atom. The molecule has 2 fully saturated rings. The van der Waals surface area contributed by atoms with E-state index in [1.54, 1.807) is 0 Å². The van der Waals surface area contributed by atoms with E-state index in [2.05, 4.69) is 40.3 Å². The van der Waals surface area contributed by atoms with Crippen molar-refractivity contribution >= 4 is 33.5 Å². The standard InChI is InChI=1S/C25H24ClN3/c26-18-8-9-22-23(14-18)29-24(28-22)10-11-25(15-16-6-7-17(25)13-16)20-4-1-5-21-19(20)3-2-12-27-21/h1-5,8-9,12,14,16-17H,6-7,10-11,13,15H2,(H,28,29). The van der Waals surface area contributed by atoms with Crippen LogP contribution in [0.25, 0.3) is 21.9 Å². The Balaban J connectivity index is 1.40. The molecule has 2 aliphatic carbocycles. The number of hydrogen-bond donors (Lipinski definition) is 1. The van der Waals surface area contributed by atoms with Gasteiger partial charge < -0.3 is 4.98 Å². The summed E-state index contributed by atoms with van der Waals surface area (Å²) < 4.78 is 0. The number of aromatic amines is 1. The van der Waals surface area contributed by atoms with E-state index in [9.17, 15) is 0 Å². The molecule has 146 valence electrons.